The molecule has 1 fully saturated rings. The van der Waals surface area contributed by atoms with Crippen LogP contribution in [0.5, 0.6) is 0 Å². The van der Waals surface area contributed by atoms with Gasteiger partial charge in [-0.05, 0) is 55.2 Å². The summed E-state index contributed by atoms with van der Waals surface area (Å²) < 4.78 is 45.3. The zero-order valence-corrected chi connectivity index (χ0v) is 19.8. The Morgan fingerprint density at radius 1 is 1.06 bits per heavy atom. The number of nitrogens with one attached hydrogen (secondary N) is 2. The molecule has 0 spiro atoms. The van der Waals surface area contributed by atoms with Crippen LogP contribution in [-0.2, 0) is 4.79 Å². The average molecular weight is 523 g/mol. The van der Waals surface area contributed by atoms with Gasteiger partial charge in [0.05, 0.1) is 11.6 Å². The normalized spacial score (nSPS) is 18.5. The Balaban J connectivity index is 1.38. The largest absolute Gasteiger partial charge is 0.481 e. The van der Waals surface area contributed by atoms with Crippen molar-refractivity contribution in [3.05, 3.63) is 64.3 Å². The molecule has 1 saturated carbocycles. The lowest BCUT2D eigenvalue weighted by Crippen LogP contribution is -2.25. The summed E-state index contributed by atoms with van der Waals surface area (Å²) in [5.74, 6) is -5.75. The number of nitrogens with zero attached hydrogens (tertiary/aromatic N) is 2. The second-order valence-corrected chi connectivity index (χ2v) is 9.12. The third-order valence-corrected chi connectivity index (χ3v) is 6.76. The predicted molar refractivity (Wildman–Crippen MR) is 125 cm³/mol. The molecule has 12 heteroatoms. The molecule has 1 aliphatic carbocycles. The van der Waals surface area contributed by atoms with E-state index in [1.54, 1.807) is 19.1 Å². The maximum atomic E-state index is 13.8. The predicted octanol–water partition coefficient (Wildman–Crippen LogP) is 6.13. The highest BCUT2D eigenvalue weighted by Crippen LogP contribution is 2.41. The van der Waals surface area contributed by atoms with Crippen LogP contribution in [0.1, 0.15) is 54.8 Å². The Hall–Kier alpha value is -3.60. The molecular weight excluding hydrogens is 501 g/mol. The lowest BCUT2D eigenvalue weighted by atomic mass is 9.74. The summed E-state index contributed by atoms with van der Waals surface area (Å²) in [4.78, 5) is 23.7. The van der Waals surface area contributed by atoms with Crippen LogP contribution >= 0.6 is 11.6 Å². The van der Waals surface area contributed by atoms with Gasteiger partial charge in [0.1, 0.15) is 5.82 Å². The van der Waals surface area contributed by atoms with Crippen molar-refractivity contribution in [1.29, 1.82) is 0 Å². The molecule has 36 heavy (non-hydrogen) atoms. The van der Waals surface area contributed by atoms with Crippen molar-refractivity contribution in [2.45, 2.75) is 38.5 Å². The number of halogens is 4. The molecule has 0 unspecified atom stereocenters. The zero-order chi connectivity index (χ0) is 26.0. The van der Waals surface area contributed by atoms with E-state index in [2.05, 4.69) is 20.8 Å². The highest BCUT2D eigenvalue weighted by atomic mass is 35.5. The first-order valence-corrected chi connectivity index (χ1v) is 11.6. The smallest absolute Gasteiger partial charge is 0.320 e. The Morgan fingerprint density at radius 2 is 1.75 bits per heavy atom. The van der Waals surface area contributed by atoms with Crippen molar-refractivity contribution < 1.29 is 32.3 Å². The minimum absolute atomic E-state index is 0.142. The van der Waals surface area contributed by atoms with E-state index in [4.69, 9.17) is 16.0 Å². The summed E-state index contributed by atoms with van der Waals surface area (Å²) in [5.41, 5.74) is 0.855. The van der Waals surface area contributed by atoms with Crippen LogP contribution < -0.4 is 10.6 Å². The molecule has 0 bridgehead atoms. The van der Waals surface area contributed by atoms with Gasteiger partial charge in [-0.1, -0.05) is 29.7 Å². The summed E-state index contributed by atoms with van der Waals surface area (Å²) in [6.45, 7) is 1.74. The van der Waals surface area contributed by atoms with Gasteiger partial charge >= 0.3 is 23.8 Å². The third kappa shape index (κ3) is 5.62. The molecule has 0 radical (unpaired) electrons. The molecule has 0 saturated heterocycles. The second kappa shape index (κ2) is 10.6. The molecule has 4 rings (SSSR count). The Bertz CT molecular complexity index is 1290. The number of aliphatic carboxylic acids is 1. The molecule has 1 aromatic heterocycles. The van der Waals surface area contributed by atoms with Gasteiger partial charge < -0.3 is 20.2 Å². The fraction of sp³-hybridized carbons (Fsp3) is 0.333. The number of amides is 1. The van der Waals surface area contributed by atoms with Crippen molar-refractivity contribution in [3.63, 3.8) is 0 Å². The van der Waals surface area contributed by atoms with E-state index < -0.39 is 46.9 Å². The van der Waals surface area contributed by atoms with Crippen molar-refractivity contribution >= 4 is 40.9 Å². The molecule has 8 nitrogen and oxygen atoms in total. The van der Waals surface area contributed by atoms with E-state index in [9.17, 15) is 27.9 Å². The van der Waals surface area contributed by atoms with Crippen molar-refractivity contribution in [2.24, 2.45) is 11.8 Å². The fourth-order valence-corrected chi connectivity index (χ4v) is 4.69. The first-order valence-electron chi connectivity index (χ1n) is 11.2. The van der Waals surface area contributed by atoms with Crippen LogP contribution in [0.25, 0.3) is 0 Å². The fourth-order valence-electron chi connectivity index (χ4n) is 4.35. The van der Waals surface area contributed by atoms with E-state index in [0.717, 1.165) is 31.2 Å². The first-order chi connectivity index (χ1) is 17.1. The van der Waals surface area contributed by atoms with Gasteiger partial charge in [-0.3, -0.25) is 9.59 Å². The Morgan fingerprint density at radius 3 is 2.42 bits per heavy atom. The van der Waals surface area contributed by atoms with E-state index >= 15 is 0 Å². The Labute approximate surface area is 208 Å². The number of carbonyl (C=O) groups excluding carboxylic acids is 1. The summed E-state index contributed by atoms with van der Waals surface area (Å²) in [6.07, 6.45) is 3.25. The van der Waals surface area contributed by atoms with Crippen LogP contribution in [-0.4, -0.2) is 27.2 Å². The maximum Gasteiger partial charge on any atom is 0.320 e. The molecule has 1 atom stereocenters. The van der Waals surface area contributed by atoms with Gasteiger partial charge in [0.2, 0.25) is 0 Å². The van der Waals surface area contributed by atoms with Crippen molar-refractivity contribution in [3.8, 4) is 0 Å². The summed E-state index contributed by atoms with van der Waals surface area (Å²) in [5, 5.41) is 21.7. The van der Waals surface area contributed by atoms with Gasteiger partial charge in [-0.2, -0.15) is 0 Å². The van der Waals surface area contributed by atoms with Crippen LogP contribution in [0.3, 0.4) is 0 Å². The monoisotopic (exact) mass is 522 g/mol. The molecule has 3 N–H and O–H groups in total. The lowest BCUT2D eigenvalue weighted by Gasteiger charge is -2.31. The van der Waals surface area contributed by atoms with E-state index in [1.807, 2.05) is 6.07 Å². The van der Waals surface area contributed by atoms with E-state index in [0.29, 0.717) is 22.8 Å². The topological polar surface area (TPSA) is 117 Å². The summed E-state index contributed by atoms with van der Waals surface area (Å²) in [7, 11) is 0. The quantitative estimate of drug-likeness (QED) is 0.319. The van der Waals surface area contributed by atoms with Crippen LogP contribution in [0.4, 0.5) is 30.6 Å². The molecule has 3 aromatic rings. The minimum Gasteiger partial charge on any atom is -0.481 e. The Kier molecular flexibility index (Phi) is 7.48. The number of rotatable bonds is 7. The lowest BCUT2D eigenvalue weighted by molar-refractivity contribution is -0.143. The maximum absolute atomic E-state index is 13.8. The number of hydrogen-bond donors (Lipinski definition) is 3. The zero-order valence-electron chi connectivity index (χ0n) is 19.0. The third-order valence-electron chi connectivity index (χ3n) is 6.44. The number of carboxylic acids is 1. The molecular formula is C24H22ClF3N4O4. The van der Waals surface area contributed by atoms with Crippen molar-refractivity contribution in [1.82, 2.24) is 10.2 Å². The highest BCUT2D eigenvalue weighted by Gasteiger charge is 2.30. The van der Waals surface area contributed by atoms with Gasteiger partial charge in [0, 0.05) is 22.8 Å². The second-order valence-electron chi connectivity index (χ2n) is 8.71. The number of benzene rings is 2. The minimum atomic E-state index is -1.35. The first kappa shape index (κ1) is 25.5. The standard InChI is InChI=1S/C24H22ClF3N4O4/c1-11(23(34)35)12-2-4-13(5-3-12)15-7-6-14(8-16(15)25)29-21(33)22-31-32-24(36-22)30-20-10-18(27)17(26)9-19(20)28/h6-13H,2-5H2,1H3,(H,29,33)(H,30,32)(H,34,35)/t11-,12?,13?/m0/s1. The van der Waals surface area contributed by atoms with Crippen molar-refractivity contribution in [2.75, 3.05) is 10.6 Å². The number of carbonyl (C=O) groups is 2. The summed E-state index contributed by atoms with van der Waals surface area (Å²) in [6, 6.07) is 5.63. The number of hydrogen-bond acceptors (Lipinski definition) is 6. The average Bonchev–Trinajstić information content (AvgIpc) is 3.31. The molecule has 1 aliphatic rings. The molecule has 2 aromatic carbocycles. The molecule has 1 amide bonds. The molecule has 0 aliphatic heterocycles. The van der Waals surface area contributed by atoms with Crippen LogP contribution in [0.15, 0.2) is 34.7 Å². The number of aromatic nitrogens is 2. The molecule has 1 heterocycles. The number of carboxylic acid groups (broad SMARTS) is 1. The van der Waals surface area contributed by atoms with Gasteiger partial charge in [-0.15, -0.1) is 5.10 Å². The van der Waals surface area contributed by atoms with Crippen LogP contribution in [0.2, 0.25) is 5.02 Å². The highest BCUT2D eigenvalue weighted by molar-refractivity contribution is 6.31. The van der Waals surface area contributed by atoms with E-state index in [-0.39, 0.29) is 17.8 Å². The molecule has 190 valence electrons. The van der Waals surface area contributed by atoms with Gasteiger partial charge in [0.15, 0.2) is 11.6 Å². The van der Waals surface area contributed by atoms with Crippen LogP contribution in [0, 0.1) is 29.3 Å². The van der Waals surface area contributed by atoms with Gasteiger partial charge in [-0.25, -0.2) is 13.2 Å². The van der Waals surface area contributed by atoms with Gasteiger partial charge in [0.25, 0.3) is 0 Å². The number of anilines is 3. The van der Waals surface area contributed by atoms with E-state index in [1.165, 1.54) is 0 Å². The summed E-state index contributed by atoms with van der Waals surface area (Å²) >= 11 is 6.48. The SMILES string of the molecule is C[C@H](C(=O)O)C1CCC(c2ccc(NC(=O)c3nnc(Nc4cc(F)c(F)cc4F)o3)cc2Cl)CC1.